The fourth-order valence-corrected chi connectivity index (χ4v) is 1.45. The first-order valence-corrected chi connectivity index (χ1v) is 4.82. The lowest BCUT2D eigenvalue weighted by atomic mass is 10.1. The van der Waals surface area contributed by atoms with Crippen LogP contribution >= 0.6 is 0 Å². The van der Waals surface area contributed by atoms with Crippen molar-refractivity contribution in [2.45, 2.75) is 6.92 Å². The van der Waals surface area contributed by atoms with Crippen LogP contribution in [-0.2, 0) is 0 Å². The summed E-state index contributed by atoms with van der Waals surface area (Å²) in [7, 11) is 0. The molecule has 76 valence electrons. The van der Waals surface area contributed by atoms with Crippen molar-refractivity contribution in [3.63, 3.8) is 0 Å². The number of rotatable bonds is 2. The molecule has 0 bridgehead atoms. The average molecular weight is 199 g/mol. The molecule has 0 unspecified atom stereocenters. The molecule has 2 aromatic rings. The predicted molar refractivity (Wildman–Crippen MR) is 63.2 cm³/mol. The highest BCUT2D eigenvalue weighted by Crippen LogP contribution is 2.25. The normalized spacial score (nSPS) is 11.9. The van der Waals surface area contributed by atoms with Gasteiger partial charge in [0.25, 0.3) is 0 Å². The topological polar surface area (TPSA) is 39.2 Å². The Morgan fingerprint density at radius 2 is 2.13 bits per heavy atom. The molecule has 1 heterocycles. The number of hydrogen-bond acceptors (Lipinski definition) is 2. The molecule has 2 heteroatoms. The summed E-state index contributed by atoms with van der Waals surface area (Å²) in [6, 6.07) is 9.80. The highest BCUT2D eigenvalue weighted by molar-refractivity contribution is 5.84. The zero-order valence-corrected chi connectivity index (χ0v) is 8.66. The summed E-state index contributed by atoms with van der Waals surface area (Å²) in [4.78, 5) is 0. The Bertz CT molecular complexity index is 501. The summed E-state index contributed by atoms with van der Waals surface area (Å²) in [6.45, 7) is 5.78. The van der Waals surface area contributed by atoms with E-state index in [0.29, 0.717) is 5.70 Å². The number of allylic oxidation sites excluding steroid dienone is 2. The second-order valence-electron chi connectivity index (χ2n) is 3.37. The highest BCUT2D eigenvalue weighted by atomic mass is 16.3. The van der Waals surface area contributed by atoms with Gasteiger partial charge in [-0.05, 0) is 19.1 Å². The van der Waals surface area contributed by atoms with Gasteiger partial charge in [-0.3, -0.25) is 0 Å². The van der Waals surface area contributed by atoms with E-state index in [-0.39, 0.29) is 0 Å². The summed E-state index contributed by atoms with van der Waals surface area (Å²) in [6.07, 6.45) is 1.82. The van der Waals surface area contributed by atoms with Crippen molar-refractivity contribution >= 4 is 16.5 Å². The molecule has 0 aliphatic carbocycles. The molecule has 2 nitrogen and oxygen atoms in total. The van der Waals surface area contributed by atoms with Crippen LogP contribution in [0, 0.1) is 0 Å². The summed E-state index contributed by atoms with van der Waals surface area (Å²) in [5, 5.41) is 1.07. The van der Waals surface area contributed by atoms with Gasteiger partial charge in [0, 0.05) is 16.7 Å². The summed E-state index contributed by atoms with van der Waals surface area (Å²) < 4.78 is 5.63. The van der Waals surface area contributed by atoms with Gasteiger partial charge in [-0.15, -0.1) is 0 Å². The lowest BCUT2D eigenvalue weighted by Crippen LogP contribution is -1.97. The van der Waals surface area contributed by atoms with E-state index in [0.717, 1.165) is 22.3 Å². The summed E-state index contributed by atoms with van der Waals surface area (Å²) in [5.74, 6) is 0.729. The molecule has 0 fully saturated rings. The third kappa shape index (κ3) is 1.66. The third-order valence-electron chi connectivity index (χ3n) is 2.38. The first kappa shape index (κ1) is 9.59. The van der Waals surface area contributed by atoms with Gasteiger partial charge in [-0.1, -0.05) is 30.9 Å². The molecule has 1 aromatic heterocycles. The van der Waals surface area contributed by atoms with Crippen LogP contribution < -0.4 is 5.73 Å². The van der Waals surface area contributed by atoms with E-state index in [2.05, 4.69) is 6.58 Å². The van der Waals surface area contributed by atoms with Crippen molar-refractivity contribution in [1.29, 1.82) is 0 Å². The predicted octanol–water partition coefficient (Wildman–Crippen LogP) is 3.31. The van der Waals surface area contributed by atoms with Crippen LogP contribution in [0.5, 0.6) is 0 Å². The maximum Gasteiger partial charge on any atom is 0.136 e. The van der Waals surface area contributed by atoms with Gasteiger partial charge in [0.1, 0.15) is 11.3 Å². The molecule has 0 spiro atoms. The van der Waals surface area contributed by atoms with Crippen LogP contribution in [0.2, 0.25) is 0 Å². The molecular formula is C13H13NO. The summed E-state index contributed by atoms with van der Waals surface area (Å²) >= 11 is 0. The quantitative estimate of drug-likeness (QED) is 0.753. The van der Waals surface area contributed by atoms with Gasteiger partial charge in [0.15, 0.2) is 0 Å². The Labute approximate surface area is 88.7 Å². The maximum absolute atomic E-state index is 5.77. The van der Waals surface area contributed by atoms with E-state index in [1.807, 2.05) is 43.3 Å². The third-order valence-corrected chi connectivity index (χ3v) is 2.38. The fourth-order valence-electron chi connectivity index (χ4n) is 1.45. The first-order valence-electron chi connectivity index (χ1n) is 4.82. The van der Waals surface area contributed by atoms with Crippen molar-refractivity contribution < 1.29 is 4.42 Å². The highest BCUT2D eigenvalue weighted by Gasteiger charge is 2.07. The van der Waals surface area contributed by atoms with Crippen LogP contribution in [0.25, 0.3) is 16.5 Å². The van der Waals surface area contributed by atoms with Crippen molar-refractivity contribution in [1.82, 2.24) is 0 Å². The minimum Gasteiger partial charge on any atom is -0.456 e. The second kappa shape index (κ2) is 3.65. The van der Waals surface area contributed by atoms with E-state index in [1.165, 1.54) is 0 Å². The largest absolute Gasteiger partial charge is 0.456 e. The van der Waals surface area contributed by atoms with Crippen LogP contribution in [-0.4, -0.2) is 0 Å². The van der Waals surface area contributed by atoms with Crippen LogP contribution in [0.4, 0.5) is 0 Å². The van der Waals surface area contributed by atoms with Gasteiger partial charge >= 0.3 is 0 Å². The van der Waals surface area contributed by atoms with E-state index in [1.54, 1.807) is 0 Å². The number of hydrogen-bond donors (Lipinski definition) is 1. The van der Waals surface area contributed by atoms with E-state index in [9.17, 15) is 0 Å². The molecule has 2 N–H and O–H groups in total. The Morgan fingerprint density at radius 3 is 2.80 bits per heavy atom. The van der Waals surface area contributed by atoms with E-state index in [4.69, 9.17) is 10.2 Å². The molecule has 0 saturated heterocycles. The van der Waals surface area contributed by atoms with Crippen LogP contribution in [0.1, 0.15) is 12.7 Å². The number of nitrogens with two attached hydrogens (primary N) is 1. The zero-order chi connectivity index (χ0) is 10.8. The van der Waals surface area contributed by atoms with Crippen LogP contribution in [0.3, 0.4) is 0 Å². The number of para-hydroxylation sites is 1. The molecule has 0 aliphatic heterocycles. The monoisotopic (exact) mass is 199 g/mol. The van der Waals surface area contributed by atoms with Gasteiger partial charge in [0.2, 0.25) is 0 Å². The Morgan fingerprint density at radius 1 is 1.40 bits per heavy atom. The van der Waals surface area contributed by atoms with Gasteiger partial charge < -0.3 is 10.2 Å². The first-order chi connectivity index (χ1) is 7.22. The van der Waals surface area contributed by atoms with Crippen molar-refractivity contribution in [2.24, 2.45) is 5.73 Å². The minimum absolute atomic E-state index is 0.647. The molecule has 0 amide bonds. The molecular weight excluding hydrogens is 186 g/mol. The lowest BCUT2D eigenvalue weighted by molar-refractivity contribution is 0.600. The van der Waals surface area contributed by atoms with Gasteiger partial charge in [-0.2, -0.15) is 0 Å². The van der Waals surface area contributed by atoms with Crippen molar-refractivity contribution in [3.8, 4) is 0 Å². The van der Waals surface area contributed by atoms with Crippen molar-refractivity contribution in [2.75, 3.05) is 0 Å². The minimum atomic E-state index is 0.647. The maximum atomic E-state index is 5.77. The molecule has 15 heavy (non-hydrogen) atoms. The van der Waals surface area contributed by atoms with Crippen molar-refractivity contribution in [3.05, 3.63) is 54.4 Å². The Hall–Kier alpha value is -1.96. The Kier molecular flexibility index (Phi) is 2.34. The number of benzene rings is 1. The molecule has 1 aromatic carbocycles. The number of fused-ring (bicyclic) bond motifs is 1. The van der Waals surface area contributed by atoms with Gasteiger partial charge in [0.05, 0.1) is 0 Å². The zero-order valence-electron chi connectivity index (χ0n) is 8.66. The summed E-state index contributed by atoms with van der Waals surface area (Å²) in [5.41, 5.74) is 8.01. The lowest BCUT2D eigenvalue weighted by Gasteiger charge is -2.00. The molecule has 0 aliphatic rings. The smallest absolute Gasteiger partial charge is 0.136 e. The number of furan rings is 1. The van der Waals surface area contributed by atoms with E-state index >= 15 is 0 Å². The fraction of sp³-hybridized carbons (Fsp3) is 0.0769. The molecule has 0 saturated carbocycles. The second-order valence-corrected chi connectivity index (χ2v) is 3.37. The molecule has 2 rings (SSSR count). The van der Waals surface area contributed by atoms with E-state index < -0.39 is 0 Å². The molecule has 0 atom stereocenters. The van der Waals surface area contributed by atoms with Gasteiger partial charge in [-0.25, -0.2) is 0 Å². The average Bonchev–Trinajstić information content (AvgIpc) is 2.70. The standard InChI is InChI=1S/C13H13NO/c1-3-11(14)9(2)13-8-10-6-4-5-7-12(10)15-13/h3-8H,2,14H2,1H3/b11-3-. The van der Waals surface area contributed by atoms with Crippen LogP contribution in [0.15, 0.2) is 53.1 Å². The Balaban J connectivity index is 2.50. The molecule has 0 radical (unpaired) electrons. The SMILES string of the molecule is C=C(/C(N)=C/C)c1cc2ccccc2o1.